The number of hydrogen-bond acceptors (Lipinski definition) is 6. The summed E-state index contributed by atoms with van der Waals surface area (Å²) in [7, 11) is -3.94. The van der Waals surface area contributed by atoms with E-state index in [0.717, 1.165) is 75.7 Å². The molecule has 2 aliphatic heterocycles. The number of carbonyl (C=O) groups excluding carboxylic acids is 1. The van der Waals surface area contributed by atoms with Crippen LogP contribution in [0.2, 0.25) is 5.02 Å². The maximum Gasteiger partial charge on any atom is 0.264 e. The molecule has 2 heterocycles. The molecule has 1 amide bonds. The van der Waals surface area contributed by atoms with E-state index in [1.165, 1.54) is 5.56 Å². The van der Waals surface area contributed by atoms with Crippen LogP contribution >= 0.6 is 11.6 Å². The van der Waals surface area contributed by atoms with E-state index >= 15 is 0 Å². The lowest BCUT2D eigenvalue weighted by molar-refractivity contribution is 0.0461. The van der Waals surface area contributed by atoms with Crippen molar-refractivity contribution < 1.29 is 23.1 Å². The minimum atomic E-state index is -3.94. The molecular formula is C35H45ClN2O5S. The average molecular weight is 641 g/mol. The predicted molar refractivity (Wildman–Crippen MR) is 175 cm³/mol. The SMILES string of the molecule is C[C@@H]1C/C=C/[C@H](O)[C@@H]2CC[C@H]2CN2CCCCc3cc(Cl)ccc3COc3ccc(cc32)C(=O)NS(=O)(=O)[C@@H]1CC1CCC1. The number of carbonyl (C=O) groups is 1. The summed E-state index contributed by atoms with van der Waals surface area (Å²) >= 11 is 6.33. The van der Waals surface area contributed by atoms with Crippen LogP contribution in [0.1, 0.15) is 86.2 Å². The minimum absolute atomic E-state index is 0.143. The fourth-order valence-corrected chi connectivity index (χ4v) is 9.32. The highest BCUT2D eigenvalue weighted by molar-refractivity contribution is 7.90. The van der Waals surface area contributed by atoms with Crippen LogP contribution in [0.5, 0.6) is 5.75 Å². The highest BCUT2D eigenvalue weighted by Gasteiger charge is 2.38. The molecule has 0 spiro atoms. The smallest absolute Gasteiger partial charge is 0.264 e. The van der Waals surface area contributed by atoms with E-state index in [-0.39, 0.29) is 11.8 Å². The number of fused-ring (bicyclic) bond motifs is 3. The monoisotopic (exact) mass is 640 g/mol. The first kappa shape index (κ1) is 31.4. The van der Waals surface area contributed by atoms with Crippen molar-refractivity contribution in [1.82, 2.24) is 4.72 Å². The van der Waals surface area contributed by atoms with Crippen LogP contribution in [-0.2, 0) is 23.1 Å². The largest absolute Gasteiger partial charge is 0.487 e. The molecule has 0 aromatic heterocycles. The second-order valence-corrected chi connectivity index (χ2v) is 15.8. The van der Waals surface area contributed by atoms with Crippen molar-refractivity contribution in [2.24, 2.45) is 23.7 Å². The molecule has 0 unspecified atom stereocenters. The Balaban J connectivity index is 1.37. The van der Waals surface area contributed by atoms with Gasteiger partial charge in [-0.3, -0.25) is 4.79 Å². The first-order chi connectivity index (χ1) is 21.2. The van der Waals surface area contributed by atoms with Crippen molar-refractivity contribution in [3.8, 4) is 5.75 Å². The molecule has 2 aromatic rings. The average Bonchev–Trinajstić information content (AvgIpc) is 2.96. The number of halogens is 1. The maximum atomic E-state index is 13.8. The zero-order chi connectivity index (χ0) is 30.8. The Kier molecular flexibility index (Phi) is 9.60. The Morgan fingerprint density at radius 1 is 1.05 bits per heavy atom. The van der Waals surface area contributed by atoms with Gasteiger partial charge in [-0.1, -0.05) is 56.0 Å². The minimum Gasteiger partial charge on any atom is -0.487 e. The molecule has 2 aromatic carbocycles. The number of rotatable bonds is 2. The van der Waals surface area contributed by atoms with Crippen LogP contribution in [0.15, 0.2) is 48.6 Å². The van der Waals surface area contributed by atoms with Gasteiger partial charge in [-0.15, -0.1) is 0 Å². The number of sulfonamides is 1. The van der Waals surface area contributed by atoms with Crippen molar-refractivity contribution in [3.05, 3.63) is 70.3 Å². The van der Waals surface area contributed by atoms with Gasteiger partial charge in [-0.05, 0) is 110 Å². The Morgan fingerprint density at radius 3 is 2.64 bits per heavy atom. The van der Waals surface area contributed by atoms with Gasteiger partial charge in [0.05, 0.1) is 17.0 Å². The highest BCUT2D eigenvalue weighted by Crippen LogP contribution is 2.41. The topological polar surface area (TPSA) is 95.9 Å². The molecule has 9 heteroatoms. The van der Waals surface area contributed by atoms with Crippen molar-refractivity contribution >= 4 is 33.2 Å². The predicted octanol–water partition coefficient (Wildman–Crippen LogP) is 6.66. The first-order valence-corrected chi connectivity index (χ1v) is 18.3. The molecule has 238 valence electrons. The Hall–Kier alpha value is -2.55. The molecule has 2 bridgehead atoms. The third-order valence-corrected chi connectivity index (χ3v) is 12.7. The number of aliphatic hydroxyl groups excluding tert-OH is 1. The van der Waals surface area contributed by atoms with Crippen molar-refractivity contribution in [1.29, 1.82) is 0 Å². The molecule has 2 fully saturated rings. The number of allylic oxidation sites excluding steroid dienone is 1. The van der Waals surface area contributed by atoms with Crippen molar-refractivity contribution in [3.63, 3.8) is 0 Å². The van der Waals surface area contributed by atoms with Crippen LogP contribution in [0, 0.1) is 23.7 Å². The number of aliphatic hydroxyl groups is 1. The number of ether oxygens (including phenoxy) is 1. The van der Waals surface area contributed by atoms with Gasteiger partial charge in [-0.25, -0.2) is 13.1 Å². The number of aryl methyl sites for hydroxylation is 1. The summed E-state index contributed by atoms with van der Waals surface area (Å²) in [4.78, 5) is 15.9. The van der Waals surface area contributed by atoms with E-state index in [1.807, 2.05) is 37.3 Å². The molecule has 4 aliphatic rings. The van der Waals surface area contributed by atoms with Gasteiger partial charge < -0.3 is 14.7 Å². The summed E-state index contributed by atoms with van der Waals surface area (Å²) in [6.45, 7) is 3.79. The number of amides is 1. The number of benzene rings is 2. The zero-order valence-corrected chi connectivity index (χ0v) is 27.2. The van der Waals surface area contributed by atoms with Crippen LogP contribution < -0.4 is 14.4 Å². The Morgan fingerprint density at radius 2 is 1.89 bits per heavy atom. The Bertz CT molecular complexity index is 1490. The van der Waals surface area contributed by atoms with Gasteiger partial charge in [-0.2, -0.15) is 0 Å². The third-order valence-electron chi connectivity index (χ3n) is 10.5. The summed E-state index contributed by atoms with van der Waals surface area (Å²) in [6, 6.07) is 11.2. The lowest BCUT2D eigenvalue weighted by Crippen LogP contribution is -2.44. The molecule has 0 radical (unpaired) electrons. The third kappa shape index (κ3) is 6.97. The summed E-state index contributed by atoms with van der Waals surface area (Å²) < 4.78 is 36.4. The molecule has 2 saturated carbocycles. The van der Waals surface area contributed by atoms with Gasteiger partial charge >= 0.3 is 0 Å². The number of hydrogen-bond donors (Lipinski definition) is 2. The fraction of sp³-hybridized carbons (Fsp3) is 0.571. The summed E-state index contributed by atoms with van der Waals surface area (Å²) in [6.07, 6.45) is 12.3. The van der Waals surface area contributed by atoms with E-state index in [9.17, 15) is 18.3 Å². The summed E-state index contributed by atoms with van der Waals surface area (Å²) in [5.74, 6) is 0.671. The number of anilines is 1. The summed E-state index contributed by atoms with van der Waals surface area (Å²) in [5, 5.41) is 11.2. The first-order valence-electron chi connectivity index (χ1n) is 16.4. The molecule has 6 rings (SSSR count). The van der Waals surface area contributed by atoms with Crippen LogP contribution in [0.4, 0.5) is 5.69 Å². The molecule has 2 N–H and O–H groups in total. The van der Waals surface area contributed by atoms with E-state index in [4.69, 9.17) is 16.3 Å². The van der Waals surface area contributed by atoms with Crippen LogP contribution in [-0.4, -0.2) is 43.9 Å². The lowest BCUT2D eigenvalue weighted by atomic mass is 9.70. The van der Waals surface area contributed by atoms with Crippen LogP contribution in [0.3, 0.4) is 0 Å². The summed E-state index contributed by atoms with van der Waals surface area (Å²) in [5.41, 5.74) is 3.35. The second-order valence-electron chi connectivity index (χ2n) is 13.5. The highest BCUT2D eigenvalue weighted by atomic mass is 35.5. The van der Waals surface area contributed by atoms with Crippen molar-refractivity contribution in [2.45, 2.75) is 89.1 Å². The van der Waals surface area contributed by atoms with E-state index in [2.05, 4.69) is 9.62 Å². The maximum absolute atomic E-state index is 13.8. The molecule has 0 saturated heterocycles. The standard InChI is InChI=1S/C35H45ClN2O5S/c1-23-6-4-10-32(39)30-15-12-27(30)21-38-17-3-2-9-25-19-29(36)14-11-28(25)22-43-33-16-13-26(20-31(33)38)35(40)37-44(41,42)34(23)18-24-7-5-8-24/h4,10-11,13-14,16,19-20,23-24,27,30,32,34,39H,2-3,5-9,12,15,17-18,21-22H2,1H3,(H,37,40)/b10-4+/t23-,27+,30-,32+,34-/m1/s1. The quantitative estimate of drug-likeness (QED) is 0.356. The zero-order valence-electron chi connectivity index (χ0n) is 25.6. The molecule has 7 nitrogen and oxygen atoms in total. The lowest BCUT2D eigenvalue weighted by Gasteiger charge is -2.42. The van der Waals surface area contributed by atoms with Gasteiger partial charge in [0.15, 0.2) is 0 Å². The van der Waals surface area contributed by atoms with Gasteiger partial charge in [0.25, 0.3) is 5.91 Å². The Labute approximate surface area is 267 Å². The fourth-order valence-electron chi connectivity index (χ4n) is 7.35. The number of nitrogens with zero attached hydrogens (tertiary/aromatic N) is 1. The number of nitrogens with one attached hydrogen (secondary N) is 1. The second kappa shape index (κ2) is 13.4. The van der Waals surface area contributed by atoms with E-state index in [0.29, 0.717) is 47.6 Å². The van der Waals surface area contributed by atoms with Gasteiger partial charge in [0.1, 0.15) is 12.4 Å². The van der Waals surface area contributed by atoms with E-state index < -0.39 is 27.3 Å². The van der Waals surface area contributed by atoms with Crippen molar-refractivity contribution in [2.75, 3.05) is 18.0 Å². The normalized spacial score (nSPS) is 30.2. The molecule has 5 atom stereocenters. The van der Waals surface area contributed by atoms with Crippen LogP contribution in [0.25, 0.3) is 0 Å². The van der Waals surface area contributed by atoms with Gasteiger partial charge in [0, 0.05) is 23.7 Å². The molecule has 44 heavy (non-hydrogen) atoms. The molecular weight excluding hydrogens is 596 g/mol. The molecule has 2 aliphatic carbocycles. The van der Waals surface area contributed by atoms with E-state index in [1.54, 1.807) is 18.2 Å². The van der Waals surface area contributed by atoms with Gasteiger partial charge in [0.2, 0.25) is 10.0 Å².